The molecule has 0 N–H and O–H groups in total. The Kier molecular flexibility index (Phi) is 8.03. The molecule has 0 aromatic heterocycles. The van der Waals surface area contributed by atoms with Gasteiger partial charge in [0.1, 0.15) is 12.4 Å². The van der Waals surface area contributed by atoms with Crippen LogP contribution in [0.25, 0.3) is 0 Å². The van der Waals surface area contributed by atoms with Crippen molar-refractivity contribution >= 4 is 5.97 Å². The molecule has 0 spiro atoms. The Morgan fingerprint density at radius 2 is 1.68 bits per heavy atom. The number of aryl methyl sites for hydroxylation is 2. The van der Waals surface area contributed by atoms with Gasteiger partial charge in [0.2, 0.25) is 0 Å². The number of unbranched alkanes of at least 4 members (excludes halogenated alkanes) is 2. The van der Waals surface area contributed by atoms with Crippen molar-refractivity contribution in [2.75, 3.05) is 7.11 Å². The zero-order valence-electron chi connectivity index (χ0n) is 15.3. The number of benzene rings is 2. The van der Waals surface area contributed by atoms with Crippen LogP contribution in [0.5, 0.6) is 5.75 Å². The van der Waals surface area contributed by atoms with Crippen LogP contribution in [0.15, 0.2) is 48.5 Å². The number of rotatable bonds is 10. The van der Waals surface area contributed by atoms with Gasteiger partial charge in [0.15, 0.2) is 0 Å². The second kappa shape index (κ2) is 10.5. The van der Waals surface area contributed by atoms with Gasteiger partial charge in [-0.3, -0.25) is 4.79 Å². The summed E-state index contributed by atoms with van der Waals surface area (Å²) in [7, 11) is 1.41. The number of carbonyl (C=O) groups is 1. The van der Waals surface area contributed by atoms with Crippen molar-refractivity contribution in [2.24, 2.45) is 0 Å². The van der Waals surface area contributed by atoms with Crippen molar-refractivity contribution < 1.29 is 14.3 Å². The first-order valence-corrected chi connectivity index (χ1v) is 9.07. The molecular weight excluding hydrogens is 312 g/mol. The van der Waals surface area contributed by atoms with Gasteiger partial charge in [0, 0.05) is 6.42 Å². The zero-order chi connectivity index (χ0) is 17.9. The van der Waals surface area contributed by atoms with E-state index in [9.17, 15) is 4.79 Å². The lowest BCUT2D eigenvalue weighted by Crippen LogP contribution is -2.02. The fraction of sp³-hybridized carbons (Fsp3) is 0.409. The highest BCUT2D eigenvalue weighted by Gasteiger charge is 2.03. The quantitative estimate of drug-likeness (QED) is 0.446. The summed E-state index contributed by atoms with van der Waals surface area (Å²) in [5.41, 5.74) is 3.63. The summed E-state index contributed by atoms with van der Waals surface area (Å²) in [6, 6.07) is 16.6. The molecule has 3 nitrogen and oxygen atoms in total. The lowest BCUT2D eigenvalue weighted by atomic mass is 10.1. The maximum atomic E-state index is 11.2. The van der Waals surface area contributed by atoms with Crippen LogP contribution in [0.1, 0.15) is 49.3 Å². The Morgan fingerprint density at radius 1 is 0.920 bits per heavy atom. The lowest BCUT2D eigenvalue weighted by molar-refractivity contribution is -0.140. The largest absolute Gasteiger partial charge is 0.489 e. The molecule has 0 unspecified atom stereocenters. The zero-order valence-corrected chi connectivity index (χ0v) is 15.3. The number of esters is 1. The highest BCUT2D eigenvalue weighted by atomic mass is 16.5. The Labute approximate surface area is 151 Å². The molecule has 134 valence electrons. The molecule has 0 aliphatic carbocycles. The third-order valence-corrected chi connectivity index (χ3v) is 4.24. The molecule has 25 heavy (non-hydrogen) atoms. The van der Waals surface area contributed by atoms with E-state index in [1.807, 2.05) is 24.3 Å². The minimum absolute atomic E-state index is 0.189. The number of hydrogen-bond donors (Lipinski definition) is 0. The average Bonchev–Trinajstić information content (AvgIpc) is 2.66. The van der Waals surface area contributed by atoms with Crippen LogP contribution in [-0.2, 0) is 29.0 Å². The Hall–Kier alpha value is -2.29. The molecule has 0 saturated heterocycles. The van der Waals surface area contributed by atoms with Gasteiger partial charge in [-0.2, -0.15) is 0 Å². The van der Waals surface area contributed by atoms with Gasteiger partial charge >= 0.3 is 5.97 Å². The fourth-order valence-electron chi connectivity index (χ4n) is 2.69. The van der Waals surface area contributed by atoms with E-state index in [1.165, 1.54) is 37.5 Å². The van der Waals surface area contributed by atoms with Gasteiger partial charge in [0.05, 0.1) is 7.11 Å². The predicted octanol–water partition coefficient (Wildman–Crippen LogP) is 5.10. The number of ether oxygens (including phenoxy) is 2. The predicted molar refractivity (Wildman–Crippen MR) is 101 cm³/mol. The smallest absolute Gasteiger partial charge is 0.305 e. The molecule has 0 aliphatic rings. The summed E-state index contributed by atoms with van der Waals surface area (Å²) < 4.78 is 10.6. The minimum Gasteiger partial charge on any atom is -0.489 e. The maximum Gasteiger partial charge on any atom is 0.305 e. The van der Waals surface area contributed by atoms with Crippen LogP contribution < -0.4 is 4.74 Å². The Bertz CT molecular complexity index is 647. The van der Waals surface area contributed by atoms with Crippen molar-refractivity contribution in [3.63, 3.8) is 0 Å². The first-order valence-electron chi connectivity index (χ1n) is 9.07. The highest BCUT2D eigenvalue weighted by molar-refractivity contribution is 5.69. The summed E-state index contributed by atoms with van der Waals surface area (Å²) in [6.45, 7) is 2.78. The van der Waals surface area contributed by atoms with Crippen molar-refractivity contribution in [3.8, 4) is 5.75 Å². The molecule has 0 radical (unpaired) electrons. The van der Waals surface area contributed by atoms with E-state index in [2.05, 4.69) is 35.9 Å². The molecule has 2 aromatic rings. The third kappa shape index (κ3) is 7.00. The van der Waals surface area contributed by atoms with E-state index >= 15 is 0 Å². The molecule has 0 saturated carbocycles. The van der Waals surface area contributed by atoms with Gasteiger partial charge in [-0.05, 0) is 48.1 Å². The van der Waals surface area contributed by atoms with E-state index < -0.39 is 0 Å². The van der Waals surface area contributed by atoms with Crippen molar-refractivity contribution in [3.05, 3.63) is 65.2 Å². The molecular formula is C22H28O3. The van der Waals surface area contributed by atoms with Gasteiger partial charge < -0.3 is 9.47 Å². The lowest BCUT2D eigenvalue weighted by Gasteiger charge is -2.09. The van der Waals surface area contributed by atoms with Crippen molar-refractivity contribution in [2.45, 2.75) is 52.1 Å². The van der Waals surface area contributed by atoms with Crippen molar-refractivity contribution in [1.82, 2.24) is 0 Å². The van der Waals surface area contributed by atoms with Gasteiger partial charge in [0.25, 0.3) is 0 Å². The standard InChI is InChI=1S/C22H28O3/c1-3-4-5-7-18-10-12-20(13-11-18)17-25-21-9-6-8-19(16-21)14-15-22(23)24-2/h6,8-13,16H,3-5,7,14-15,17H2,1-2H3. The van der Waals surface area contributed by atoms with E-state index in [1.54, 1.807) is 0 Å². The summed E-state index contributed by atoms with van der Waals surface area (Å²) in [5, 5.41) is 0. The second-order valence-corrected chi connectivity index (χ2v) is 6.29. The molecule has 0 atom stereocenters. The third-order valence-electron chi connectivity index (χ3n) is 4.24. The van der Waals surface area contributed by atoms with Crippen LogP contribution in [0.3, 0.4) is 0 Å². The van der Waals surface area contributed by atoms with Crippen LogP contribution in [0.2, 0.25) is 0 Å². The number of methoxy groups -OCH3 is 1. The molecule has 0 bridgehead atoms. The van der Waals surface area contributed by atoms with Crippen LogP contribution in [-0.4, -0.2) is 13.1 Å². The fourth-order valence-corrected chi connectivity index (χ4v) is 2.69. The maximum absolute atomic E-state index is 11.2. The molecule has 3 heteroatoms. The first-order chi connectivity index (χ1) is 12.2. The molecule has 0 heterocycles. The van der Waals surface area contributed by atoms with Crippen LogP contribution >= 0.6 is 0 Å². The summed E-state index contributed by atoms with van der Waals surface area (Å²) in [5.74, 6) is 0.639. The molecule has 0 aliphatic heterocycles. The molecule has 0 fully saturated rings. The van der Waals surface area contributed by atoms with Crippen LogP contribution in [0, 0.1) is 0 Å². The SMILES string of the molecule is CCCCCc1ccc(COc2cccc(CCC(=O)OC)c2)cc1. The van der Waals surface area contributed by atoms with Crippen molar-refractivity contribution in [1.29, 1.82) is 0 Å². The monoisotopic (exact) mass is 340 g/mol. The van der Waals surface area contributed by atoms with E-state index in [0.717, 1.165) is 17.7 Å². The molecule has 2 aromatic carbocycles. The number of hydrogen-bond acceptors (Lipinski definition) is 3. The van der Waals surface area contributed by atoms with E-state index in [0.29, 0.717) is 19.4 Å². The summed E-state index contributed by atoms with van der Waals surface area (Å²) in [4.78, 5) is 11.2. The molecule has 0 amide bonds. The second-order valence-electron chi connectivity index (χ2n) is 6.29. The van der Waals surface area contributed by atoms with Gasteiger partial charge in [-0.15, -0.1) is 0 Å². The Balaban J connectivity index is 1.83. The van der Waals surface area contributed by atoms with E-state index in [4.69, 9.17) is 4.74 Å². The van der Waals surface area contributed by atoms with E-state index in [-0.39, 0.29) is 5.97 Å². The Morgan fingerprint density at radius 3 is 2.40 bits per heavy atom. The first kappa shape index (κ1) is 19.0. The normalized spacial score (nSPS) is 10.5. The number of carbonyl (C=O) groups excluding carboxylic acids is 1. The van der Waals surface area contributed by atoms with Crippen LogP contribution in [0.4, 0.5) is 0 Å². The van der Waals surface area contributed by atoms with Gasteiger partial charge in [-0.1, -0.05) is 56.2 Å². The summed E-state index contributed by atoms with van der Waals surface area (Å²) in [6.07, 6.45) is 6.00. The molecule has 2 rings (SSSR count). The summed E-state index contributed by atoms with van der Waals surface area (Å²) >= 11 is 0. The average molecular weight is 340 g/mol. The highest BCUT2D eigenvalue weighted by Crippen LogP contribution is 2.17. The minimum atomic E-state index is -0.189. The van der Waals surface area contributed by atoms with Gasteiger partial charge in [-0.25, -0.2) is 0 Å². The topological polar surface area (TPSA) is 35.5 Å².